The fraction of sp³-hybridized carbons (Fsp3) is 0.0455. The van der Waals surface area contributed by atoms with Gasteiger partial charge in [-0.3, -0.25) is 0 Å². The quantitative estimate of drug-likeness (QED) is 0.481. The minimum atomic E-state index is -0.0239. The molecule has 0 aliphatic rings. The SMILES string of the molecule is N#Cc1nc2c(-c3nc4ccccc4s3)c(N)n(Cc3ccccc3)c2nc1C#N. The van der Waals surface area contributed by atoms with E-state index in [1.165, 1.54) is 11.3 Å². The number of benzene rings is 2. The van der Waals surface area contributed by atoms with Crippen molar-refractivity contribution in [2.45, 2.75) is 6.54 Å². The van der Waals surface area contributed by atoms with E-state index in [9.17, 15) is 10.5 Å². The third kappa shape index (κ3) is 2.75. The predicted octanol–water partition coefficient (Wildman–Crippen LogP) is 4.08. The van der Waals surface area contributed by atoms with Crippen LogP contribution in [0.3, 0.4) is 0 Å². The average Bonchev–Trinajstić information content (AvgIpc) is 3.32. The van der Waals surface area contributed by atoms with E-state index < -0.39 is 0 Å². The number of hydrogen-bond donors (Lipinski definition) is 1. The smallest absolute Gasteiger partial charge is 0.179 e. The first-order valence-electron chi connectivity index (χ1n) is 9.09. The van der Waals surface area contributed by atoms with Crippen molar-refractivity contribution in [3.8, 4) is 22.7 Å². The standard InChI is InChI=1S/C22H13N7S/c23-10-15-16(11-24)27-21-19(26-15)18(22-28-14-8-4-5-9-17(14)30-22)20(25)29(21)12-13-6-2-1-3-7-13/h1-9H,12,25H2. The number of anilines is 1. The number of hydrogen-bond acceptors (Lipinski definition) is 7. The summed E-state index contributed by atoms with van der Waals surface area (Å²) in [7, 11) is 0. The number of nitrogens with zero attached hydrogens (tertiary/aromatic N) is 6. The van der Waals surface area contributed by atoms with Crippen LogP contribution in [-0.4, -0.2) is 19.5 Å². The third-order valence-corrected chi connectivity index (χ3v) is 5.87. The van der Waals surface area contributed by atoms with Crippen LogP contribution in [0.1, 0.15) is 17.0 Å². The summed E-state index contributed by atoms with van der Waals surface area (Å²) >= 11 is 1.50. The third-order valence-electron chi connectivity index (χ3n) is 4.82. The second-order valence-corrected chi connectivity index (χ2v) is 7.67. The number of nitrogens with two attached hydrogens (primary N) is 1. The Kier molecular flexibility index (Phi) is 4.13. The molecule has 30 heavy (non-hydrogen) atoms. The highest BCUT2D eigenvalue weighted by Crippen LogP contribution is 2.39. The van der Waals surface area contributed by atoms with Gasteiger partial charge < -0.3 is 10.3 Å². The molecule has 0 saturated heterocycles. The number of fused-ring (bicyclic) bond motifs is 2. The molecule has 3 aromatic heterocycles. The molecule has 0 fully saturated rings. The lowest BCUT2D eigenvalue weighted by atomic mass is 10.2. The van der Waals surface area contributed by atoms with E-state index in [0.29, 0.717) is 34.1 Å². The topological polar surface area (TPSA) is 117 Å². The van der Waals surface area contributed by atoms with E-state index in [4.69, 9.17) is 10.7 Å². The maximum absolute atomic E-state index is 9.44. The maximum atomic E-state index is 9.44. The zero-order valence-electron chi connectivity index (χ0n) is 15.6. The monoisotopic (exact) mass is 407 g/mol. The molecule has 0 spiro atoms. The summed E-state index contributed by atoms with van der Waals surface area (Å²) in [6.07, 6.45) is 0. The van der Waals surface area contributed by atoms with E-state index in [1.54, 1.807) is 0 Å². The summed E-state index contributed by atoms with van der Waals surface area (Å²) in [5.74, 6) is 0.451. The summed E-state index contributed by atoms with van der Waals surface area (Å²) in [5, 5.41) is 19.6. The molecule has 0 aliphatic carbocycles. The van der Waals surface area contributed by atoms with Crippen LogP contribution < -0.4 is 5.73 Å². The van der Waals surface area contributed by atoms with E-state index in [-0.39, 0.29) is 11.4 Å². The summed E-state index contributed by atoms with van der Waals surface area (Å²) in [5.41, 5.74) is 10.00. The molecule has 7 nitrogen and oxygen atoms in total. The average molecular weight is 407 g/mol. The fourth-order valence-electron chi connectivity index (χ4n) is 3.42. The summed E-state index contributed by atoms with van der Waals surface area (Å²) in [6.45, 7) is 0.458. The van der Waals surface area contributed by atoms with Gasteiger partial charge in [-0.25, -0.2) is 15.0 Å². The first-order valence-corrected chi connectivity index (χ1v) is 9.91. The lowest BCUT2D eigenvalue weighted by Gasteiger charge is -2.07. The van der Waals surface area contributed by atoms with Gasteiger partial charge in [-0.1, -0.05) is 42.5 Å². The molecule has 0 aliphatic heterocycles. The van der Waals surface area contributed by atoms with Crippen LogP contribution in [0.15, 0.2) is 54.6 Å². The van der Waals surface area contributed by atoms with Crippen LogP contribution in [0.2, 0.25) is 0 Å². The van der Waals surface area contributed by atoms with Crippen LogP contribution >= 0.6 is 11.3 Å². The van der Waals surface area contributed by atoms with Gasteiger partial charge in [-0.15, -0.1) is 11.3 Å². The summed E-state index contributed by atoms with van der Waals surface area (Å²) in [4.78, 5) is 13.6. The Balaban J connectivity index is 1.82. The lowest BCUT2D eigenvalue weighted by Crippen LogP contribution is -2.06. The molecule has 142 valence electrons. The number of nitriles is 2. The second-order valence-electron chi connectivity index (χ2n) is 6.64. The van der Waals surface area contributed by atoms with E-state index >= 15 is 0 Å². The highest BCUT2D eigenvalue weighted by Gasteiger charge is 2.24. The molecule has 5 rings (SSSR count). The van der Waals surface area contributed by atoms with Crippen molar-refractivity contribution in [2.24, 2.45) is 0 Å². The van der Waals surface area contributed by atoms with Gasteiger partial charge in [0.2, 0.25) is 0 Å². The second kappa shape index (κ2) is 6.96. The minimum Gasteiger partial charge on any atom is -0.384 e. The largest absolute Gasteiger partial charge is 0.384 e. The number of para-hydroxylation sites is 1. The Morgan fingerprint density at radius 2 is 1.60 bits per heavy atom. The Labute approximate surface area is 175 Å². The van der Waals surface area contributed by atoms with Crippen LogP contribution in [0.5, 0.6) is 0 Å². The molecule has 8 heteroatoms. The van der Waals surface area contributed by atoms with Crippen molar-refractivity contribution < 1.29 is 0 Å². The van der Waals surface area contributed by atoms with Gasteiger partial charge in [0.25, 0.3) is 0 Å². The van der Waals surface area contributed by atoms with Gasteiger partial charge in [0, 0.05) is 0 Å². The highest BCUT2D eigenvalue weighted by atomic mass is 32.1. The Morgan fingerprint density at radius 1 is 0.900 bits per heavy atom. The van der Waals surface area contributed by atoms with Gasteiger partial charge in [0.1, 0.15) is 28.5 Å². The number of nitrogen functional groups attached to an aromatic ring is 1. The number of thiazole rings is 1. The Hall–Kier alpha value is -4.27. The molecule has 0 saturated carbocycles. The molecule has 5 aromatic rings. The van der Waals surface area contributed by atoms with Gasteiger partial charge in [0.05, 0.1) is 22.3 Å². The van der Waals surface area contributed by atoms with Crippen molar-refractivity contribution in [1.82, 2.24) is 19.5 Å². The first kappa shape index (κ1) is 17.8. The van der Waals surface area contributed by atoms with Crippen LogP contribution in [0, 0.1) is 22.7 Å². The molecule has 0 radical (unpaired) electrons. The van der Waals surface area contributed by atoms with Crippen LogP contribution in [-0.2, 0) is 6.54 Å². The lowest BCUT2D eigenvalue weighted by molar-refractivity contribution is 0.834. The molecular formula is C22H13N7S. The molecule has 0 atom stereocenters. The molecule has 3 heterocycles. The van der Waals surface area contributed by atoms with Crippen LogP contribution in [0.25, 0.3) is 32.0 Å². The molecule has 0 amide bonds. The highest BCUT2D eigenvalue weighted by molar-refractivity contribution is 7.21. The van der Waals surface area contributed by atoms with Crippen molar-refractivity contribution in [1.29, 1.82) is 10.5 Å². The van der Waals surface area contributed by atoms with Crippen molar-refractivity contribution in [3.63, 3.8) is 0 Å². The fourth-order valence-corrected chi connectivity index (χ4v) is 4.45. The minimum absolute atomic E-state index is 0.0207. The molecule has 2 aromatic carbocycles. The number of aromatic nitrogens is 4. The van der Waals surface area contributed by atoms with E-state index in [0.717, 1.165) is 15.8 Å². The molecule has 2 N–H and O–H groups in total. The first-order chi connectivity index (χ1) is 14.7. The van der Waals surface area contributed by atoms with Gasteiger partial charge >= 0.3 is 0 Å². The molecule has 0 bridgehead atoms. The zero-order valence-corrected chi connectivity index (χ0v) is 16.4. The summed E-state index contributed by atoms with van der Waals surface area (Å²) in [6, 6.07) is 21.6. The normalized spacial score (nSPS) is 10.9. The number of rotatable bonds is 3. The van der Waals surface area contributed by atoms with Crippen molar-refractivity contribution in [2.75, 3.05) is 5.73 Å². The molecular weight excluding hydrogens is 394 g/mol. The van der Waals surface area contributed by atoms with Gasteiger partial charge in [0.15, 0.2) is 17.0 Å². The molecule has 0 unspecified atom stereocenters. The maximum Gasteiger partial charge on any atom is 0.179 e. The van der Waals surface area contributed by atoms with E-state index in [1.807, 2.05) is 71.3 Å². The van der Waals surface area contributed by atoms with E-state index in [2.05, 4.69) is 9.97 Å². The zero-order chi connectivity index (χ0) is 20.7. The van der Waals surface area contributed by atoms with Gasteiger partial charge in [-0.05, 0) is 17.7 Å². The van der Waals surface area contributed by atoms with Crippen LogP contribution in [0.4, 0.5) is 5.82 Å². The Morgan fingerprint density at radius 3 is 2.33 bits per heavy atom. The van der Waals surface area contributed by atoms with Crippen molar-refractivity contribution >= 4 is 38.5 Å². The summed E-state index contributed by atoms with van der Waals surface area (Å²) < 4.78 is 2.85. The van der Waals surface area contributed by atoms with Gasteiger partial charge in [-0.2, -0.15) is 10.5 Å². The Bertz CT molecular complexity index is 1470. The van der Waals surface area contributed by atoms with Crippen molar-refractivity contribution in [3.05, 3.63) is 71.5 Å². The predicted molar refractivity (Wildman–Crippen MR) is 116 cm³/mol.